The maximum atomic E-state index is 6.24. The molecule has 0 aromatic heterocycles. The minimum atomic E-state index is -1.82. The number of thiol groups is 1. The molecule has 0 heterocycles. The second kappa shape index (κ2) is 4.94. The molecule has 92 valence electrons. The highest BCUT2D eigenvalue weighted by atomic mass is 32.3. The molecule has 0 aliphatic heterocycles. The normalized spacial score (nSPS) is 18.0. The van der Waals surface area contributed by atoms with Gasteiger partial charge in [0.15, 0.2) is 0 Å². The van der Waals surface area contributed by atoms with Crippen LogP contribution in [-0.4, -0.2) is 20.7 Å². The first-order chi connectivity index (χ1) is 6.37. The standard InChI is InChI=1S/C11H28OSSi2/c1-10(2)12-15(13,14(6,7)8)9-11(3,4)5/h10,13H,9H2,1-8H3. The van der Waals surface area contributed by atoms with E-state index in [2.05, 4.69) is 54.3 Å². The van der Waals surface area contributed by atoms with Gasteiger partial charge in [-0.3, -0.25) is 0 Å². The van der Waals surface area contributed by atoms with Crippen LogP contribution in [0.25, 0.3) is 0 Å². The molecule has 1 nitrogen and oxygen atoms in total. The molecule has 0 aliphatic carbocycles. The van der Waals surface area contributed by atoms with Gasteiger partial charge < -0.3 is 4.43 Å². The van der Waals surface area contributed by atoms with Crippen LogP contribution in [0.3, 0.4) is 0 Å². The molecule has 0 N–H and O–H groups in total. The van der Waals surface area contributed by atoms with Crippen LogP contribution >= 0.6 is 12.1 Å². The van der Waals surface area contributed by atoms with Crippen molar-refractivity contribution >= 4 is 26.7 Å². The van der Waals surface area contributed by atoms with Gasteiger partial charge in [-0.1, -0.05) is 40.4 Å². The first kappa shape index (κ1) is 15.7. The summed E-state index contributed by atoms with van der Waals surface area (Å²) < 4.78 is 6.24. The van der Waals surface area contributed by atoms with Crippen molar-refractivity contribution in [2.75, 3.05) is 0 Å². The summed E-state index contributed by atoms with van der Waals surface area (Å²) in [5.74, 6) is 0. The topological polar surface area (TPSA) is 9.23 Å². The largest absolute Gasteiger partial charge is 0.408 e. The van der Waals surface area contributed by atoms with Gasteiger partial charge in [0.1, 0.15) is 0 Å². The van der Waals surface area contributed by atoms with Crippen LogP contribution < -0.4 is 0 Å². The van der Waals surface area contributed by atoms with Gasteiger partial charge in [-0.15, -0.1) is 0 Å². The van der Waals surface area contributed by atoms with Crippen molar-refractivity contribution in [3.63, 3.8) is 0 Å². The minimum absolute atomic E-state index is 0.309. The monoisotopic (exact) mass is 264 g/mol. The number of hydrogen-bond acceptors (Lipinski definition) is 2. The highest BCUT2D eigenvalue weighted by Crippen LogP contribution is 2.37. The van der Waals surface area contributed by atoms with Crippen molar-refractivity contribution < 1.29 is 4.43 Å². The summed E-state index contributed by atoms with van der Waals surface area (Å²) in [6, 6.07) is 1.15. The van der Waals surface area contributed by atoms with Gasteiger partial charge >= 0.3 is 0 Å². The fourth-order valence-electron chi connectivity index (χ4n) is 1.59. The Kier molecular flexibility index (Phi) is 5.18. The van der Waals surface area contributed by atoms with E-state index in [-0.39, 0.29) is 0 Å². The maximum absolute atomic E-state index is 6.24. The Labute approximate surface area is 103 Å². The fourth-order valence-corrected chi connectivity index (χ4v) is 11.8. The van der Waals surface area contributed by atoms with E-state index < -0.39 is 14.6 Å². The molecule has 0 saturated carbocycles. The van der Waals surface area contributed by atoms with Crippen molar-refractivity contribution in [2.45, 2.75) is 66.4 Å². The van der Waals surface area contributed by atoms with Crippen LogP contribution in [0.1, 0.15) is 34.6 Å². The third-order valence-electron chi connectivity index (χ3n) is 2.37. The smallest absolute Gasteiger partial charge is 0.235 e. The van der Waals surface area contributed by atoms with Crippen molar-refractivity contribution in [2.24, 2.45) is 5.41 Å². The van der Waals surface area contributed by atoms with E-state index in [1.807, 2.05) is 0 Å². The molecule has 1 unspecified atom stereocenters. The lowest BCUT2D eigenvalue weighted by molar-refractivity contribution is 0.238. The fraction of sp³-hybridized carbons (Fsp3) is 1.00. The zero-order chi connectivity index (χ0) is 12.5. The van der Waals surface area contributed by atoms with Gasteiger partial charge in [0.05, 0.1) is 7.59 Å². The Morgan fingerprint density at radius 2 is 1.53 bits per heavy atom. The average Bonchev–Trinajstić information content (AvgIpc) is 1.75. The second-order valence-electron chi connectivity index (χ2n) is 6.94. The second-order valence-corrected chi connectivity index (χ2v) is 23.9. The zero-order valence-electron chi connectivity index (χ0n) is 11.6. The summed E-state index contributed by atoms with van der Waals surface area (Å²) in [4.78, 5) is 0. The molecule has 0 aromatic rings. The molecule has 4 heteroatoms. The predicted octanol–water partition coefficient (Wildman–Crippen LogP) is 4.25. The quantitative estimate of drug-likeness (QED) is 0.590. The lowest BCUT2D eigenvalue weighted by Gasteiger charge is -2.42. The Morgan fingerprint density at radius 1 is 1.13 bits per heavy atom. The van der Waals surface area contributed by atoms with E-state index in [4.69, 9.17) is 16.5 Å². The summed E-state index contributed by atoms with van der Waals surface area (Å²) in [7, 11) is -1.30. The van der Waals surface area contributed by atoms with Crippen molar-refractivity contribution in [3.8, 4) is 0 Å². The van der Waals surface area contributed by atoms with Crippen LogP contribution in [0.5, 0.6) is 0 Å². The summed E-state index contributed by atoms with van der Waals surface area (Å²) in [6.07, 6.45) is 0.309. The molecule has 0 bridgehead atoms. The molecule has 0 aliphatic rings. The highest BCUT2D eigenvalue weighted by molar-refractivity contribution is 8.22. The van der Waals surface area contributed by atoms with E-state index >= 15 is 0 Å². The molecular formula is C11H28OSSi2. The van der Waals surface area contributed by atoms with Crippen LogP contribution in [0.15, 0.2) is 0 Å². The van der Waals surface area contributed by atoms with E-state index in [0.29, 0.717) is 11.5 Å². The van der Waals surface area contributed by atoms with Gasteiger partial charge in [-0.2, -0.15) is 12.1 Å². The zero-order valence-corrected chi connectivity index (χ0v) is 14.5. The molecule has 1 atom stereocenters. The lowest BCUT2D eigenvalue weighted by Crippen LogP contribution is -2.58. The number of hydrogen-bond donors (Lipinski definition) is 1. The molecule has 0 fully saturated rings. The van der Waals surface area contributed by atoms with Crippen LogP contribution in [0.2, 0.25) is 25.7 Å². The molecule has 0 aromatic carbocycles. The SMILES string of the molecule is CC(C)O[Si](S)(CC(C)(C)C)[Si](C)(C)C. The van der Waals surface area contributed by atoms with Gasteiger partial charge in [-0.25, -0.2) is 0 Å². The predicted molar refractivity (Wildman–Crippen MR) is 78.6 cm³/mol. The van der Waals surface area contributed by atoms with Gasteiger partial charge in [0.2, 0.25) is 6.98 Å². The van der Waals surface area contributed by atoms with Crippen LogP contribution in [-0.2, 0) is 4.43 Å². The molecule has 0 radical (unpaired) electrons. The lowest BCUT2D eigenvalue weighted by atomic mass is 10.0. The molecule has 0 saturated heterocycles. The molecule has 0 spiro atoms. The third-order valence-corrected chi connectivity index (χ3v) is 21.9. The third kappa shape index (κ3) is 5.56. The average molecular weight is 265 g/mol. The Hall–Kier alpha value is 0.744. The maximum Gasteiger partial charge on any atom is 0.235 e. The molecule has 0 rings (SSSR count). The van der Waals surface area contributed by atoms with E-state index in [1.54, 1.807) is 0 Å². The molecular weight excluding hydrogens is 236 g/mol. The Bertz CT molecular complexity index is 206. The minimum Gasteiger partial charge on any atom is -0.408 e. The van der Waals surface area contributed by atoms with Crippen molar-refractivity contribution in [3.05, 3.63) is 0 Å². The summed E-state index contributed by atoms with van der Waals surface area (Å²) in [5.41, 5.74) is 0.323. The van der Waals surface area contributed by atoms with E-state index in [9.17, 15) is 0 Å². The molecule has 0 amide bonds. The summed E-state index contributed by atoms with van der Waals surface area (Å²) in [6.45, 7) is 16.5. The Morgan fingerprint density at radius 3 is 1.73 bits per heavy atom. The summed E-state index contributed by atoms with van der Waals surface area (Å²) >= 11 is 5.01. The summed E-state index contributed by atoms with van der Waals surface area (Å²) in [5, 5.41) is 0. The van der Waals surface area contributed by atoms with Crippen molar-refractivity contribution in [1.82, 2.24) is 0 Å². The first-order valence-electron chi connectivity index (χ1n) is 5.78. The Balaban J connectivity index is 4.88. The van der Waals surface area contributed by atoms with Gasteiger partial charge in [-0.05, 0) is 25.3 Å². The van der Waals surface area contributed by atoms with Gasteiger partial charge in [0, 0.05) is 6.10 Å². The van der Waals surface area contributed by atoms with Gasteiger partial charge in [0.25, 0.3) is 0 Å². The first-order valence-corrected chi connectivity index (χ1v) is 13.7. The van der Waals surface area contributed by atoms with Crippen LogP contribution in [0, 0.1) is 5.41 Å². The molecule has 15 heavy (non-hydrogen) atoms. The van der Waals surface area contributed by atoms with E-state index in [0.717, 1.165) is 6.04 Å². The van der Waals surface area contributed by atoms with Crippen LogP contribution in [0.4, 0.5) is 0 Å². The highest BCUT2D eigenvalue weighted by Gasteiger charge is 2.47. The number of rotatable bonds is 4. The van der Waals surface area contributed by atoms with E-state index in [1.165, 1.54) is 0 Å². The van der Waals surface area contributed by atoms with Crippen molar-refractivity contribution in [1.29, 1.82) is 0 Å².